The SMILES string of the molecule is CC(C)[Si](OCC(=O)Nc1ccccc1)(C(C)C)C(C)C. The minimum absolute atomic E-state index is 0.0694. The maximum atomic E-state index is 12.1. The fraction of sp³-hybridized carbons (Fsp3) is 0.588. The Balaban J connectivity index is 2.71. The molecule has 0 bridgehead atoms. The number of amides is 1. The summed E-state index contributed by atoms with van der Waals surface area (Å²) in [6.45, 7) is 13.5. The predicted molar refractivity (Wildman–Crippen MR) is 92.1 cm³/mol. The first-order valence-corrected chi connectivity index (χ1v) is 9.93. The normalized spacial score (nSPS) is 12.2. The Morgan fingerprint density at radius 2 is 1.48 bits per heavy atom. The van der Waals surface area contributed by atoms with E-state index >= 15 is 0 Å². The number of carbonyl (C=O) groups excluding carboxylic acids is 1. The molecule has 0 heterocycles. The van der Waals surface area contributed by atoms with Crippen LogP contribution in [-0.4, -0.2) is 20.8 Å². The molecule has 0 aromatic heterocycles. The highest BCUT2D eigenvalue weighted by Gasteiger charge is 2.45. The van der Waals surface area contributed by atoms with Gasteiger partial charge in [-0.1, -0.05) is 59.7 Å². The molecule has 0 spiro atoms. The van der Waals surface area contributed by atoms with E-state index in [1.165, 1.54) is 0 Å². The van der Waals surface area contributed by atoms with E-state index in [4.69, 9.17) is 4.43 Å². The lowest BCUT2D eigenvalue weighted by atomic mass is 10.3. The molecular weight excluding hydrogens is 278 g/mol. The summed E-state index contributed by atoms with van der Waals surface area (Å²) in [6.07, 6.45) is 0. The lowest BCUT2D eigenvalue weighted by molar-refractivity contribution is -0.118. The lowest BCUT2D eigenvalue weighted by Gasteiger charge is -2.41. The molecule has 0 unspecified atom stereocenters. The molecule has 0 aliphatic carbocycles. The topological polar surface area (TPSA) is 38.3 Å². The molecule has 1 aromatic carbocycles. The Hall–Kier alpha value is -1.13. The van der Waals surface area contributed by atoms with Crippen molar-refractivity contribution in [3.63, 3.8) is 0 Å². The minimum atomic E-state index is -1.97. The zero-order valence-electron chi connectivity index (χ0n) is 14.1. The molecule has 4 heteroatoms. The van der Waals surface area contributed by atoms with E-state index in [0.29, 0.717) is 16.6 Å². The average Bonchev–Trinajstić information content (AvgIpc) is 2.39. The number of hydrogen-bond acceptors (Lipinski definition) is 2. The number of benzene rings is 1. The first kappa shape index (κ1) is 17.9. The van der Waals surface area contributed by atoms with Crippen molar-refractivity contribution in [3.8, 4) is 0 Å². The highest BCUT2D eigenvalue weighted by molar-refractivity contribution is 6.77. The molecule has 0 saturated heterocycles. The lowest BCUT2D eigenvalue weighted by Crippen LogP contribution is -2.49. The number of hydrogen-bond donors (Lipinski definition) is 1. The maximum Gasteiger partial charge on any atom is 0.249 e. The molecule has 0 saturated carbocycles. The van der Waals surface area contributed by atoms with Gasteiger partial charge >= 0.3 is 0 Å². The van der Waals surface area contributed by atoms with Crippen LogP contribution in [0, 0.1) is 0 Å². The molecule has 0 atom stereocenters. The third kappa shape index (κ3) is 4.42. The van der Waals surface area contributed by atoms with E-state index in [1.54, 1.807) is 0 Å². The van der Waals surface area contributed by atoms with Gasteiger partial charge in [0.15, 0.2) is 0 Å². The van der Waals surface area contributed by atoms with Crippen LogP contribution in [0.25, 0.3) is 0 Å². The number of rotatable bonds is 7. The Bertz CT molecular complexity index is 422. The van der Waals surface area contributed by atoms with E-state index in [2.05, 4.69) is 46.9 Å². The van der Waals surface area contributed by atoms with Gasteiger partial charge in [-0.15, -0.1) is 0 Å². The summed E-state index contributed by atoms with van der Waals surface area (Å²) >= 11 is 0. The van der Waals surface area contributed by atoms with Gasteiger partial charge in [-0.3, -0.25) is 4.79 Å². The van der Waals surface area contributed by atoms with Crippen molar-refractivity contribution in [2.75, 3.05) is 11.9 Å². The number of para-hydroxylation sites is 1. The summed E-state index contributed by atoms with van der Waals surface area (Å²) < 4.78 is 6.27. The second-order valence-corrected chi connectivity index (χ2v) is 12.0. The molecule has 1 N–H and O–H groups in total. The van der Waals surface area contributed by atoms with Crippen LogP contribution in [-0.2, 0) is 9.22 Å². The van der Waals surface area contributed by atoms with Gasteiger partial charge < -0.3 is 9.74 Å². The van der Waals surface area contributed by atoms with E-state index in [-0.39, 0.29) is 12.5 Å². The van der Waals surface area contributed by atoms with Crippen molar-refractivity contribution in [1.29, 1.82) is 0 Å². The van der Waals surface area contributed by atoms with Gasteiger partial charge in [0.05, 0.1) is 0 Å². The van der Waals surface area contributed by atoms with E-state index in [9.17, 15) is 4.79 Å². The monoisotopic (exact) mass is 307 g/mol. The second kappa shape index (κ2) is 7.76. The molecule has 0 radical (unpaired) electrons. The summed E-state index contributed by atoms with van der Waals surface area (Å²) in [5.74, 6) is -0.0694. The molecule has 118 valence electrons. The first-order chi connectivity index (χ1) is 9.80. The zero-order valence-corrected chi connectivity index (χ0v) is 15.1. The summed E-state index contributed by atoms with van der Waals surface area (Å²) in [7, 11) is -1.97. The van der Waals surface area contributed by atoms with Crippen LogP contribution in [0.5, 0.6) is 0 Å². The average molecular weight is 308 g/mol. The van der Waals surface area contributed by atoms with Gasteiger partial charge in [0.25, 0.3) is 0 Å². The molecule has 0 aliphatic heterocycles. The highest BCUT2D eigenvalue weighted by atomic mass is 28.4. The van der Waals surface area contributed by atoms with Crippen molar-refractivity contribution in [2.24, 2.45) is 0 Å². The van der Waals surface area contributed by atoms with Gasteiger partial charge in [0, 0.05) is 5.69 Å². The molecule has 1 aromatic rings. The van der Waals surface area contributed by atoms with E-state index in [1.807, 2.05) is 30.3 Å². The zero-order chi connectivity index (χ0) is 16.0. The van der Waals surface area contributed by atoms with Gasteiger partial charge in [-0.05, 0) is 28.8 Å². The summed E-state index contributed by atoms with van der Waals surface area (Å²) in [5.41, 5.74) is 2.28. The number of nitrogens with one attached hydrogen (secondary N) is 1. The van der Waals surface area contributed by atoms with Crippen molar-refractivity contribution in [1.82, 2.24) is 0 Å². The van der Waals surface area contributed by atoms with E-state index in [0.717, 1.165) is 5.69 Å². The number of carbonyl (C=O) groups is 1. The van der Waals surface area contributed by atoms with Crippen LogP contribution >= 0.6 is 0 Å². The van der Waals surface area contributed by atoms with Gasteiger partial charge in [0.2, 0.25) is 14.2 Å². The van der Waals surface area contributed by atoms with Crippen LogP contribution in [0.1, 0.15) is 41.5 Å². The number of anilines is 1. The molecule has 1 rings (SSSR count). The maximum absolute atomic E-state index is 12.1. The van der Waals surface area contributed by atoms with Gasteiger partial charge in [-0.25, -0.2) is 0 Å². The Morgan fingerprint density at radius 3 is 1.90 bits per heavy atom. The molecule has 0 aliphatic rings. The Labute approximate surface area is 130 Å². The molecule has 21 heavy (non-hydrogen) atoms. The molecule has 1 amide bonds. The Kier molecular flexibility index (Phi) is 6.62. The quantitative estimate of drug-likeness (QED) is 0.734. The van der Waals surface area contributed by atoms with E-state index < -0.39 is 8.32 Å². The predicted octanol–water partition coefficient (Wildman–Crippen LogP) is 4.82. The van der Waals surface area contributed by atoms with Gasteiger partial charge in [0.1, 0.15) is 6.61 Å². The third-order valence-electron chi connectivity index (χ3n) is 4.22. The third-order valence-corrected chi connectivity index (χ3v) is 10.3. The van der Waals surface area contributed by atoms with Crippen LogP contribution in [0.3, 0.4) is 0 Å². The first-order valence-electron chi connectivity index (χ1n) is 7.79. The molecule has 0 fully saturated rings. The fourth-order valence-electron chi connectivity index (χ4n) is 3.41. The summed E-state index contributed by atoms with van der Waals surface area (Å²) in [5, 5.41) is 2.89. The van der Waals surface area contributed by atoms with Crippen LogP contribution in [0.2, 0.25) is 16.6 Å². The summed E-state index contributed by atoms with van der Waals surface area (Å²) in [4.78, 5) is 12.1. The summed E-state index contributed by atoms with van der Waals surface area (Å²) in [6, 6.07) is 9.52. The van der Waals surface area contributed by atoms with Crippen LogP contribution in [0.4, 0.5) is 5.69 Å². The van der Waals surface area contributed by atoms with Crippen molar-refractivity contribution < 1.29 is 9.22 Å². The van der Waals surface area contributed by atoms with Crippen molar-refractivity contribution >= 4 is 19.9 Å². The van der Waals surface area contributed by atoms with Crippen LogP contribution < -0.4 is 5.32 Å². The Morgan fingerprint density at radius 1 is 1.00 bits per heavy atom. The van der Waals surface area contributed by atoms with Crippen molar-refractivity contribution in [2.45, 2.75) is 58.2 Å². The highest BCUT2D eigenvalue weighted by Crippen LogP contribution is 2.42. The second-order valence-electron chi connectivity index (χ2n) is 6.52. The standard InChI is InChI=1S/C17H29NO2Si/c1-13(2)21(14(3)4,15(5)6)20-12-17(19)18-16-10-8-7-9-11-16/h7-11,13-15H,12H2,1-6H3,(H,18,19). The van der Waals surface area contributed by atoms with Crippen LogP contribution in [0.15, 0.2) is 30.3 Å². The molecule has 3 nitrogen and oxygen atoms in total. The fourth-order valence-corrected chi connectivity index (χ4v) is 8.79. The van der Waals surface area contributed by atoms with Gasteiger partial charge in [-0.2, -0.15) is 0 Å². The minimum Gasteiger partial charge on any atom is -0.407 e. The smallest absolute Gasteiger partial charge is 0.249 e. The van der Waals surface area contributed by atoms with Crippen molar-refractivity contribution in [3.05, 3.63) is 30.3 Å². The largest absolute Gasteiger partial charge is 0.407 e. The molecular formula is C17H29NO2Si.